The molecule has 0 atom stereocenters. The molecule has 1 fully saturated rings. The van der Waals surface area contributed by atoms with Crippen LogP contribution in [0.25, 0.3) is 15.3 Å². The number of nitrogens with zero attached hydrogens (tertiary/aromatic N) is 4. The number of ether oxygens (including phenoxy) is 1. The van der Waals surface area contributed by atoms with Gasteiger partial charge in [0, 0.05) is 30.8 Å². The Labute approximate surface area is 213 Å². The van der Waals surface area contributed by atoms with Crippen LogP contribution in [-0.2, 0) is 10.0 Å². The quantitative estimate of drug-likeness (QED) is 0.394. The molecule has 9 nitrogen and oxygen atoms in total. The summed E-state index contributed by atoms with van der Waals surface area (Å²) >= 11 is 1.45. The molecule has 1 N–H and O–H groups in total. The van der Waals surface area contributed by atoms with Gasteiger partial charge in [-0.15, -0.1) is 0 Å². The number of fused-ring (bicyclic) bond motifs is 1. The maximum absolute atomic E-state index is 13.0. The fraction of sp³-hybridized carbons (Fsp3) is 0.320. The number of sulfonamides is 1. The van der Waals surface area contributed by atoms with Gasteiger partial charge in [0.25, 0.3) is 5.91 Å². The van der Waals surface area contributed by atoms with E-state index in [2.05, 4.69) is 15.4 Å². The van der Waals surface area contributed by atoms with E-state index in [1.807, 2.05) is 25.1 Å². The fourth-order valence-corrected chi connectivity index (χ4v) is 6.67. The Balaban J connectivity index is 1.36. The van der Waals surface area contributed by atoms with Crippen molar-refractivity contribution in [1.82, 2.24) is 19.1 Å². The Morgan fingerprint density at radius 2 is 1.75 bits per heavy atom. The molecule has 1 amide bonds. The summed E-state index contributed by atoms with van der Waals surface area (Å²) in [6.07, 6.45) is 3.84. The molecule has 4 aromatic rings. The van der Waals surface area contributed by atoms with E-state index in [1.54, 1.807) is 22.2 Å². The van der Waals surface area contributed by atoms with Crippen molar-refractivity contribution < 1.29 is 17.9 Å². The third-order valence-corrected chi connectivity index (χ3v) is 9.08. The molecule has 11 heteroatoms. The van der Waals surface area contributed by atoms with E-state index in [0.29, 0.717) is 35.4 Å². The number of aromatic nitrogens is 3. The molecule has 1 aliphatic rings. The highest BCUT2D eigenvalue weighted by molar-refractivity contribution is 7.89. The molecule has 0 bridgehead atoms. The maximum atomic E-state index is 13.0. The van der Waals surface area contributed by atoms with Crippen LogP contribution in [0.1, 0.15) is 41.7 Å². The van der Waals surface area contributed by atoms with Gasteiger partial charge in [-0.25, -0.2) is 13.4 Å². The van der Waals surface area contributed by atoms with Gasteiger partial charge in [0.15, 0.2) is 0 Å². The summed E-state index contributed by atoms with van der Waals surface area (Å²) in [5.41, 5.74) is 1.85. The molecule has 3 heterocycles. The lowest BCUT2D eigenvalue weighted by atomic mass is 10.2. The van der Waals surface area contributed by atoms with E-state index < -0.39 is 10.0 Å². The van der Waals surface area contributed by atoms with Crippen LogP contribution < -0.4 is 10.1 Å². The van der Waals surface area contributed by atoms with Crippen LogP contribution in [-0.4, -0.2) is 53.6 Å². The van der Waals surface area contributed by atoms with Crippen molar-refractivity contribution in [3.05, 3.63) is 59.8 Å². The molecular formula is C25H27N5O4S2. The first kappa shape index (κ1) is 24.4. The number of hydrogen-bond donors (Lipinski definition) is 1. The topological polar surface area (TPSA) is 106 Å². The minimum absolute atomic E-state index is 0.201. The van der Waals surface area contributed by atoms with Crippen LogP contribution in [0.4, 0.5) is 5.82 Å². The van der Waals surface area contributed by atoms with Crippen LogP contribution >= 0.6 is 11.3 Å². The zero-order valence-corrected chi connectivity index (χ0v) is 21.7. The van der Waals surface area contributed by atoms with Gasteiger partial charge in [-0.1, -0.05) is 24.2 Å². The summed E-state index contributed by atoms with van der Waals surface area (Å²) < 4.78 is 35.5. The summed E-state index contributed by atoms with van der Waals surface area (Å²) in [6, 6.07) is 13.5. The first-order chi connectivity index (χ1) is 17.3. The molecule has 0 spiro atoms. The number of anilines is 1. The largest absolute Gasteiger partial charge is 0.497 e. The van der Waals surface area contributed by atoms with Gasteiger partial charge in [0.2, 0.25) is 15.2 Å². The van der Waals surface area contributed by atoms with Gasteiger partial charge >= 0.3 is 0 Å². The highest BCUT2D eigenvalue weighted by atomic mass is 32.2. The summed E-state index contributed by atoms with van der Waals surface area (Å²) in [5.74, 6) is 0.827. The minimum Gasteiger partial charge on any atom is -0.497 e. The van der Waals surface area contributed by atoms with Crippen molar-refractivity contribution in [2.45, 2.75) is 37.5 Å². The number of rotatable bonds is 6. The van der Waals surface area contributed by atoms with E-state index in [0.717, 1.165) is 41.6 Å². The standard InChI is InChI=1S/C25H27N5O4S2/c1-17-15-23(30(28-17)25-26-21-16-19(34-2)9-12-22(21)35-25)27-24(31)18-7-10-20(11-8-18)36(32,33)29-13-5-3-4-6-14-29/h7-12,15-16H,3-6,13-14H2,1-2H3,(H,27,31). The van der Waals surface area contributed by atoms with Crippen LogP contribution in [0, 0.1) is 6.92 Å². The SMILES string of the molecule is COc1ccc2sc(-n3nc(C)cc3NC(=O)c3ccc(S(=O)(=O)N4CCCCCC4)cc3)nc2c1. The normalized spacial score (nSPS) is 15.1. The van der Waals surface area contributed by atoms with E-state index in [4.69, 9.17) is 4.74 Å². The Kier molecular flexibility index (Phi) is 6.78. The number of amides is 1. The number of aryl methyl sites for hydroxylation is 1. The fourth-order valence-electron chi connectivity index (χ4n) is 4.24. The second kappa shape index (κ2) is 10.00. The van der Waals surface area contributed by atoms with Gasteiger partial charge in [-0.3, -0.25) is 4.79 Å². The first-order valence-electron chi connectivity index (χ1n) is 11.8. The number of methoxy groups -OCH3 is 1. The molecule has 36 heavy (non-hydrogen) atoms. The molecule has 188 valence electrons. The second-order valence-corrected chi connectivity index (χ2v) is 11.7. The third-order valence-electron chi connectivity index (χ3n) is 6.16. The van der Waals surface area contributed by atoms with Crippen LogP contribution in [0.5, 0.6) is 5.75 Å². The molecule has 0 radical (unpaired) electrons. The van der Waals surface area contributed by atoms with Crippen molar-refractivity contribution in [1.29, 1.82) is 0 Å². The van der Waals surface area contributed by atoms with Gasteiger partial charge in [-0.2, -0.15) is 14.1 Å². The minimum atomic E-state index is -3.57. The summed E-state index contributed by atoms with van der Waals surface area (Å²) in [6.45, 7) is 2.91. The van der Waals surface area contributed by atoms with Crippen LogP contribution in [0.2, 0.25) is 0 Å². The Bertz CT molecular complexity index is 1500. The summed E-state index contributed by atoms with van der Waals surface area (Å²) in [4.78, 5) is 17.9. The van der Waals surface area contributed by atoms with E-state index in [-0.39, 0.29) is 10.8 Å². The van der Waals surface area contributed by atoms with Gasteiger partial charge < -0.3 is 10.1 Å². The zero-order valence-electron chi connectivity index (χ0n) is 20.1. The van der Waals surface area contributed by atoms with Crippen molar-refractivity contribution in [2.24, 2.45) is 0 Å². The lowest BCUT2D eigenvalue weighted by Gasteiger charge is -2.20. The molecule has 0 unspecified atom stereocenters. The van der Waals surface area contributed by atoms with Crippen molar-refractivity contribution in [2.75, 3.05) is 25.5 Å². The van der Waals surface area contributed by atoms with Crippen molar-refractivity contribution in [3.8, 4) is 10.9 Å². The Morgan fingerprint density at radius 3 is 2.44 bits per heavy atom. The molecule has 2 aromatic carbocycles. The Morgan fingerprint density at radius 1 is 1.03 bits per heavy atom. The summed E-state index contributed by atoms with van der Waals surface area (Å²) in [5, 5.41) is 8.00. The van der Waals surface area contributed by atoms with Crippen molar-refractivity contribution >= 4 is 43.3 Å². The number of nitrogens with one attached hydrogen (secondary N) is 1. The van der Waals surface area contributed by atoms with Gasteiger partial charge in [0.05, 0.1) is 27.9 Å². The molecule has 1 saturated heterocycles. The van der Waals surface area contributed by atoms with Gasteiger partial charge in [0.1, 0.15) is 11.6 Å². The third kappa shape index (κ3) is 4.86. The zero-order chi connectivity index (χ0) is 25.3. The lowest BCUT2D eigenvalue weighted by molar-refractivity contribution is 0.102. The number of thiazole rings is 1. The van der Waals surface area contributed by atoms with Crippen LogP contribution in [0.15, 0.2) is 53.4 Å². The predicted molar refractivity (Wildman–Crippen MR) is 140 cm³/mol. The highest BCUT2D eigenvalue weighted by Gasteiger charge is 2.25. The molecule has 5 rings (SSSR count). The smallest absolute Gasteiger partial charge is 0.256 e. The molecule has 0 aliphatic carbocycles. The maximum Gasteiger partial charge on any atom is 0.256 e. The monoisotopic (exact) mass is 525 g/mol. The summed E-state index contributed by atoms with van der Waals surface area (Å²) in [7, 11) is -1.97. The predicted octanol–water partition coefficient (Wildman–Crippen LogP) is 4.62. The van der Waals surface area contributed by atoms with E-state index >= 15 is 0 Å². The number of carbonyl (C=O) groups is 1. The van der Waals surface area contributed by atoms with Crippen LogP contribution in [0.3, 0.4) is 0 Å². The first-order valence-corrected chi connectivity index (χ1v) is 14.0. The van der Waals surface area contributed by atoms with E-state index in [9.17, 15) is 13.2 Å². The van der Waals surface area contributed by atoms with Gasteiger partial charge in [-0.05, 0) is 56.2 Å². The molecule has 2 aromatic heterocycles. The second-order valence-electron chi connectivity index (χ2n) is 8.71. The molecular weight excluding hydrogens is 498 g/mol. The molecule has 0 saturated carbocycles. The van der Waals surface area contributed by atoms with E-state index in [1.165, 1.54) is 35.6 Å². The average molecular weight is 526 g/mol. The highest BCUT2D eigenvalue weighted by Crippen LogP contribution is 2.30. The number of hydrogen-bond acceptors (Lipinski definition) is 7. The average Bonchev–Trinajstić information content (AvgIpc) is 3.34. The number of carbonyl (C=O) groups excluding carboxylic acids is 1. The molecule has 1 aliphatic heterocycles. The Hall–Kier alpha value is -3.28. The number of benzene rings is 2. The lowest BCUT2D eigenvalue weighted by Crippen LogP contribution is -2.31. The van der Waals surface area contributed by atoms with Crippen molar-refractivity contribution in [3.63, 3.8) is 0 Å².